The minimum absolute atomic E-state index is 0.743. The first kappa shape index (κ1) is 11.3. The quantitative estimate of drug-likeness (QED) is 0.770. The van der Waals surface area contributed by atoms with E-state index in [-0.39, 0.29) is 0 Å². The molecule has 1 radical (unpaired) electrons. The van der Waals surface area contributed by atoms with Crippen molar-refractivity contribution in [3.05, 3.63) is 26.3 Å². The van der Waals surface area contributed by atoms with Crippen molar-refractivity contribution in [1.29, 1.82) is 0 Å². The van der Waals surface area contributed by atoms with E-state index in [0.717, 1.165) is 20.7 Å². The summed E-state index contributed by atoms with van der Waals surface area (Å²) in [6.45, 7) is 2.11. The van der Waals surface area contributed by atoms with Crippen molar-refractivity contribution in [3.8, 4) is 0 Å². The van der Waals surface area contributed by atoms with Crippen LogP contribution in [0.15, 0.2) is 6.07 Å². The molecule has 0 atom stereocenters. The highest BCUT2D eigenvalue weighted by atomic mass is 35.5. The summed E-state index contributed by atoms with van der Waals surface area (Å²) < 4.78 is 1.52. The van der Waals surface area contributed by atoms with Gasteiger partial charge in [0.25, 0.3) is 0 Å². The molecule has 0 aliphatic carbocycles. The molecule has 0 bridgehead atoms. The fourth-order valence-corrected chi connectivity index (χ4v) is 2.79. The molecule has 1 aromatic heterocycles. The van der Waals surface area contributed by atoms with Crippen molar-refractivity contribution in [2.75, 3.05) is 14.1 Å². The van der Waals surface area contributed by atoms with Gasteiger partial charge in [0.1, 0.15) is 0 Å². The lowest BCUT2D eigenvalue weighted by atomic mass is 10.1. The molecule has 0 aromatic carbocycles. The van der Waals surface area contributed by atoms with E-state index in [1.54, 1.807) is 0 Å². The summed E-state index contributed by atoms with van der Waals surface area (Å²) in [6, 6.07) is 3.14. The van der Waals surface area contributed by atoms with E-state index in [9.17, 15) is 0 Å². The Morgan fingerprint density at radius 3 is 2.38 bits per heavy atom. The average molecular weight is 237 g/mol. The van der Waals surface area contributed by atoms with E-state index in [1.807, 2.05) is 20.2 Å². The van der Waals surface area contributed by atoms with E-state index in [2.05, 4.69) is 11.8 Å². The lowest BCUT2D eigenvalue weighted by Gasteiger charge is -2.21. The molecular weight excluding hydrogens is 225 g/mol. The first-order valence-corrected chi connectivity index (χ1v) is 5.61. The van der Waals surface area contributed by atoms with E-state index < -0.39 is 0 Å². The van der Waals surface area contributed by atoms with Crippen LogP contribution in [0.5, 0.6) is 0 Å². The van der Waals surface area contributed by atoms with Gasteiger partial charge in [-0.05, 0) is 26.6 Å². The second kappa shape index (κ2) is 4.65. The van der Waals surface area contributed by atoms with Gasteiger partial charge in [-0.15, -0.1) is 11.3 Å². The third-order valence-electron chi connectivity index (χ3n) is 1.84. The summed E-state index contributed by atoms with van der Waals surface area (Å²) in [4.78, 5) is 2.07. The highest BCUT2D eigenvalue weighted by Gasteiger charge is 2.18. The van der Waals surface area contributed by atoms with Crippen LogP contribution in [0.2, 0.25) is 8.67 Å². The molecule has 1 aromatic rings. The molecule has 1 nitrogen and oxygen atoms in total. The number of halogens is 2. The predicted molar refractivity (Wildman–Crippen MR) is 60.7 cm³/mol. The molecule has 4 heteroatoms. The van der Waals surface area contributed by atoms with Crippen molar-refractivity contribution < 1.29 is 0 Å². The SMILES string of the molecule is CC[C](c1cc(Cl)sc1Cl)N(C)C. The van der Waals surface area contributed by atoms with Crippen LogP contribution in [0.3, 0.4) is 0 Å². The highest BCUT2D eigenvalue weighted by Crippen LogP contribution is 2.37. The Balaban J connectivity index is 2.97. The van der Waals surface area contributed by atoms with Crippen LogP contribution in [-0.4, -0.2) is 19.0 Å². The Kier molecular flexibility index (Phi) is 4.05. The van der Waals surface area contributed by atoms with Crippen LogP contribution in [-0.2, 0) is 0 Å². The Morgan fingerprint density at radius 1 is 1.46 bits per heavy atom. The zero-order valence-corrected chi connectivity index (χ0v) is 10.2. The van der Waals surface area contributed by atoms with Crippen LogP contribution in [0.1, 0.15) is 18.9 Å². The fraction of sp³-hybridized carbons (Fsp3) is 0.444. The van der Waals surface area contributed by atoms with Gasteiger partial charge in [-0.3, -0.25) is 4.90 Å². The zero-order valence-electron chi connectivity index (χ0n) is 7.90. The normalized spacial score (nSPS) is 11.6. The number of rotatable bonds is 3. The first-order valence-electron chi connectivity index (χ1n) is 4.04. The van der Waals surface area contributed by atoms with Crippen molar-refractivity contribution in [3.63, 3.8) is 0 Å². The second-order valence-corrected chi connectivity index (χ2v) is 5.22. The maximum Gasteiger partial charge on any atom is 0.0995 e. The largest absolute Gasteiger partial charge is 0.298 e. The molecule has 0 aliphatic heterocycles. The second-order valence-electron chi connectivity index (χ2n) is 2.93. The zero-order chi connectivity index (χ0) is 10.0. The van der Waals surface area contributed by atoms with Gasteiger partial charge >= 0.3 is 0 Å². The molecular formula is C9H12Cl2NS. The van der Waals surface area contributed by atoms with E-state index in [0.29, 0.717) is 0 Å². The molecule has 73 valence electrons. The standard InChI is InChI=1S/C9H12Cl2NS/c1-4-7(12(2)3)6-5-8(10)13-9(6)11/h5H,4H2,1-3H3. The summed E-state index contributed by atoms with van der Waals surface area (Å²) in [5.41, 5.74) is 1.06. The molecule has 0 saturated heterocycles. The minimum Gasteiger partial charge on any atom is -0.298 e. The Labute approximate surface area is 93.3 Å². The van der Waals surface area contributed by atoms with Gasteiger partial charge in [0.15, 0.2) is 0 Å². The third-order valence-corrected chi connectivity index (χ3v) is 3.33. The number of thiophene rings is 1. The third kappa shape index (κ3) is 2.59. The molecule has 1 rings (SSSR count). The van der Waals surface area contributed by atoms with E-state index in [4.69, 9.17) is 23.2 Å². The summed E-state index contributed by atoms with van der Waals surface area (Å²) in [5.74, 6) is 0. The highest BCUT2D eigenvalue weighted by molar-refractivity contribution is 7.20. The van der Waals surface area contributed by atoms with Gasteiger partial charge in [-0.2, -0.15) is 0 Å². The lowest BCUT2D eigenvalue weighted by Crippen LogP contribution is -2.19. The van der Waals surface area contributed by atoms with Crippen LogP contribution >= 0.6 is 34.5 Å². The fourth-order valence-electron chi connectivity index (χ4n) is 1.28. The van der Waals surface area contributed by atoms with Crippen molar-refractivity contribution in [1.82, 2.24) is 4.90 Å². The van der Waals surface area contributed by atoms with Gasteiger partial charge in [0.2, 0.25) is 0 Å². The molecule has 0 unspecified atom stereocenters. The monoisotopic (exact) mass is 236 g/mol. The van der Waals surface area contributed by atoms with E-state index >= 15 is 0 Å². The van der Waals surface area contributed by atoms with Crippen LogP contribution < -0.4 is 0 Å². The first-order chi connectivity index (χ1) is 6.06. The molecule has 0 N–H and O–H groups in total. The van der Waals surface area contributed by atoms with Gasteiger partial charge < -0.3 is 0 Å². The smallest absolute Gasteiger partial charge is 0.0995 e. The Morgan fingerprint density at radius 2 is 2.08 bits per heavy atom. The van der Waals surface area contributed by atoms with Crippen molar-refractivity contribution in [2.24, 2.45) is 0 Å². The van der Waals surface area contributed by atoms with Crippen LogP contribution in [0, 0.1) is 6.04 Å². The summed E-state index contributed by atoms with van der Waals surface area (Å²) in [7, 11) is 4.03. The number of hydrogen-bond donors (Lipinski definition) is 0. The molecule has 0 saturated carbocycles. The molecule has 1 heterocycles. The predicted octanol–water partition coefficient (Wildman–Crippen LogP) is 3.91. The maximum atomic E-state index is 6.05. The molecule has 0 amide bonds. The van der Waals surface area contributed by atoms with Gasteiger partial charge in [-0.1, -0.05) is 30.1 Å². The summed E-state index contributed by atoms with van der Waals surface area (Å²) in [6.07, 6.45) is 0.958. The van der Waals surface area contributed by atoms with Gasteiger partial charge in [0.05, 0.1) is 14.7 Å². The van der Waals surface area contributed by atoms with Crippen LogP contribution in [0.25, 0.3) is 0 Å². The Bertz CT molecular complexity index is 283. The molecule has 0 spiro atoms. The maximum absolute atomic E-state index is 6.05. The van der Waals surface area contributed by atoms with Crippen LogP contribution in [0.4, 0.5) is 0 Å². The lowest BCUT2D eigenvalue weighted by molar-refractivity contribution is 0.427. The Hall–Kier alpha value is 0.240. The van der Waals surface area contributed by atoms with Crippen molar-refractivity contribution >= 4 is 34.5 Å². The van der Waals surface area contributed by atoms with Gasteiger partial charge in [0, 0.05) is 5.56 Å². The molecule has 0 aliphatic rings. The topological polar surface area (TPSA) is 3.24 Å². The van der Waals surface area contributed by atoms with Crippen molar-refractivity contribution in [2.45, 2.75) is 13.3 Å². The summed E-state index contributed by atoms with van der Waals surface area (Å²) >= 11 is 13.3. The van der Waals surface area contributed by atoms with E-state index in [1.165, 1.54) is 17.4 Å². The number of nitrogens with zero attached hydrogens (tertiary/aromatic N) is 1. The molecule has 13 heavy (non-hydrogen) atoms. The number of hydrogen-bond acceptors (Lipinski definition) is 2. The summed E-state index contributed by atoms with van der Waals surface area (Å²) in [5, 5.41) is 0. The average Bonchev–Trinajstić information content (AvgIpc) is 2.31. The minimum atomic E-state index is 0.743. The molecule has 0 fully saturated rings. The van der Waals surface area contributed by atoms with Gasteiger partial charge in [-0.25, -0.2) is 0 Å².